The number of carbonyl (C=O) groups excluding carboxylic acids is 1. The minimum atomic E-state index is -4.60. The van der Waals surface area contributed by atoms with Gasteiger partial charge < -0.3 is 28.8 Å². The maximum absolute atomic E-state index is 13.0. The molecule has 0 spiro atoms. The average Bonchev–Trinajstić information content (AvgIpc) is 3.47. The number of aliphatic hydroxyl groups excluding tert-OH is 1. The lowest BCUT2D eigenvalue weighted by Crippen LogP contribution is -2.45. The van der Waals surface area contributed by atoms with Crippen molar-refractivity contribution in [2.45, 2.75) is 411 Å². The fourth-order valence-corrected chi connectivity index (χ4v) is 12.5. The Morgan fingerprint density at radius 3 is 0.915 bits per heavy atom. The summed E-state index contributed by atoms with van der Waals surface area (Å²) < 4.78 is 23.5. The summed E-state index contributed by atoms with van der Waals surface area (Å²) in [7, 11) is 1.29. The van der Waals surface area contributed by atoms with E-state index in [2.05, 4.69) is 19.2 Å². The number of phosphoric ester groups is 1. The fraction of sp³-hybridized carbons (Fsp3) is 0.959. The van der Waals surface area contributed by atoms with E-state index in [9.17, 15) is 19.4 Å². The summed E-state index contributed by atoms with van der Waals surface area (Å²) in [6, 6.07) is -0.884. The van der Waals surface area contributed by atoms with Crippen molar-refractivity contribution >= 4 is 13.7 Å². The molecule has 0 saturated heterocycles. The van der Waals surface area contributed by atoms with Crippen molar-refractivity contribution in [2.24, 2.45) is 0 Å². The zero-order valence-corrected chi connectivity index (χ0v) is 57.1. The van der Waals surface area contributed by atoms with E-state index in [1.807, 2.05) is 27.2 Å². The number of hydrogen-bond donors (Lipinski definition) is 2. The van der Waals surface area contributed by atoms with Gasteiger partial charge in [0.25, 0.3) is 7.82 Å². The Balaban J connectivity index is 3.94. The van der Waals surface area contributed by atoms with Crippen LogP contribution in [0.15, 0.2) is 12.2 Å². The van der Waals surface area contributed by atoms with Crippen LogP contribution in [-0.2, 0) is 18.4 Å². The molecular formula is C73H147N2O6P. The molecule has 3 atom stereocenters. The number of aliphatic hydroxyl groups is 1. The van der Waals surface area contributed by atoms with Gasteiger partial charge in [0, 0.05) is 6.42 Å². The predicted octanol–water partition coefficient (Wildman–Crippen LogP) is 23.0. The number of allylic oxidation sites excluding steroid dienone is 1. The Kier molecular flexibility index (Phi) is 64.1. The highest BCUT2D eigenvalue weighted by atomic mass is 31.2. The van der Waals surface area contributed by atoms with Gasteiger partial charge in [0.05, 0.1) is 39.9 Å². The Hall–Kier alpha value is -0.760. The van der Waals surface area contributed by atoms with E-state index in [0.717, 1.165) is 38.5 Å². The number of rotatable bonds is 70. The van der Waals surface area contributed by atoms with Crippen LogP contribution in [0.4, 0.5) is 0 Å². The molecule has 0 aliphatic carbocycles. The van der Waals surface area contributed by atoms with Gasteiger partial charge in [-0.1, -0.05) is 386 Å². The molecule has 0 aromatic heterocycles. The monoisotopic (exact) mass is 1180 g/mol. The molecule has 82 heavy (non-hydrogen) atoms. The summed E-state index contributed by atoms with van der Waals surface area (Å²) in [6.07, 6.45) is 83.6. The SMILES string of the molecule is CCCCCCCCCCCCCCCCCCCCCCCC/C=C/C(O)C(COP(=O)([O-])OCC[N+](C)(C)C)NC(=O)CCCCCCCCCCCCCCCCCCCCCCCCCCCCCCCCCCCCCC. The van der Waals surface area contributed by atoms with Gasteiger partial charge >= 0.3 is 0 Å². The predicted molar refractivity (Wildman–Crippen MR) is 358 cm³/mol. The molecule has 8 nitrogen and oxygen atoms in total. The molecule has 0 heterocycles. The van der Waals surface area contributed by atoms with Crippen molar-refractivity contribution in [3.63, 3.8) is 0 Å². The van der Waals surface area contributed by atoms with Gasteiger partial charge in [-0.3, -0.25) is 9.36 Å². The molecule has 0 aromatic rings. The summed E-state index contributed by atoms with van der Waals surface area (Å²) >= 11 is 0. The van der Waals surface area contributed by atoms with Crippen molar-refractivity contribution in [3.05, 3.63) is 12.2 Å². The molecular weight excluding hydrogens is 1030 g/mol. The molecule has 490 valence electrons. The van der Waals surface area contributed by atoms with Crippen LogP contribution in [-0.4, -0.2) is 68.5 Å². The van der Waals surface area contributed by atoms with E-state index < -0.39 is 20.0 Å². The first-order valence-electron chi connectivity index (χ1n) is 37.1. The third kappa shape index (κ3) is 66.8. The van der Waals surface area contributed by atoms with Crippen LogP contribution in [0.5, 0.6) is 0 Å². The first-order chi connectivity index (χ1) is 40.0. The number of nitrogens with zero attached hydrogens (tertiary/aromatic N) is 1. The average molecular weight is 1180 g/mol. The number of unbranched alkanes of at least 4 members (excludes halogenated alkanes) is 57. The first kappa shape index (κ1) is 81.2. The zero-order valence-electron chi connectivity index (χ0n) is 56.2. The summed E-state index contributed by atoms with van der Waals surface area (Å²) in [6.45, 7) is 4.73. The number of likely N-dealkylation sites (N-methyl/N-ethyl adjacent to an activating group) is 1. The highest BCUT2D eigenvalue weighted by Crippen LogP contribution is 2.38. The Morgan fingerprint density at radius 2 is 0.659 bits per heavy atom. The first-order valence-corrected chi connectivity index (χ1v) is 38.5. The molecule has 0 fully saturated rings. The number of amides is 1. The van der Waals surface area contributed by atoms with Gasteiger partial charge in [0.1, 0.15) is 13.2 Å². The maximum Gasteiger partial charge on any atom is 0.268 e. The fourth-order valence-electron chi connectivity index (χ4n) is 11.7. The lowest BCUT2D eigenvalue weighted by molar-refractivity contribution is -0.870. The zero-order chi connectivity index (χ0) is 59.8. The van der Waals surface area contributed by atoms with E-state index in [4.69, 9.17) is 9.05 Å². The Labute approximate surface area is 513 Å². The highest BCUT2D eigenvalue weighted by Gasteiger charge is 2.23. The molecule has 2 N–H and O–H groups in total. The van der Waals surface area contributed by atoms with Crippen molar-refractivity contribution < 1.29 is 32.9 Å². The Morgan fingerprint density at radius 1 is 0.415 bits per heavy atom. The number of quaternary nitrogens is 1. The van der Waals surface area contributed by atoms with Crippen LogP contribution < -0.4 is 10.2 Å². The largest absolute Gasteiger partial charge is 0.756 e. The number of phosphoric acid groups is 1. The number of nitrogens with one attached hydrogen (secondary N) is 1. The molecule has 1 amide bonds. The molecule has 0 aliphatic heterocycles. The molecule has 3 unspecified atom stereocenters. The molecule has 0 radical (unpaired) electrons. The second-order valence-electron chi connectivity index (χ2n) is 27.0. The van der Waals surface area contributed by atoms with Gasteiger partial charge in [0.2, 0.25) is 5.91 Å². The smallest absolute Gasteiger partial charge is 0.268 e. The van der Waals surface area contributed by atoms with E-state index in [1.165, 1.54) is 340 Å². The standard InChI is InChI=1S/C73H147N2O6P/c1-6-8-10-12-14-16-18-20-22-24-26-28-30-32-33-34-35-36-37-38-39-40-41-42-43-45-47-49-51-53-55-57-59-61-63-65-67-73(77)74-71(70-81-82(78,79)80-69-68-75(3,4)5)72(76)66-64-62-60-58-56-54-52-50-48-46-44-31-29-27-25-23-21-19-17-15-13-11-9-7-2/h64,66,71-72,76H,6-63,65,67-70H2,1-5H3,(H-,74,77,78,79)/b66-64+. The molecule has 0 rings (SSSR count). The summed E-state index contributed by atoms with van der Waals surface area (Å²) in [5.74, 6) is -0.187. The van der Waals surface area contributed by atoms with Gasteiger partial charge in [-0.15, -0.1) is 0 Å². The highest BCUT2D eigenvalue weighted by molar-refractivity contribution is 7.45. The van der Waals surface area contributed by atoms with Crippen molar-refractivity contribution in [1.82, 2.24) is 5.32 Å². The molecule has 0 aliphatic rings. The topological polar surface area (TPSA) is 108 Å². The van der Waals surface area contributed by atoms with E-state index in [-0.39, 0.29) is 19.1 Å². The molecule has 0 saturated carbocycles. The van der Waals surface area contributed by atoms with E-state index >= 15 is 0 Å². The van der Waals surface area contributed by atoms with Crippen molar-refractivity contribution in [2.75, 3.05) is 40.9 Å². The number of carbonyl (C=O) groups is 1. The van der Waals surface area contributed by atoms with Crippen LogP contribution in [0.2, 0.25) is 0 Å². The second-order valence-corrected chi connectivity index (χ2v) is 28.4. The van der Waals surface area contributed by atoms with Gasteiger partial charge in [-0.05, 0) is 19.3 Å². The second kappa shape index (κ2) is 64.7. The lowest BCUT2D eigenvalue weighted by atomic mass is 10.0. The Bertz CT molecular complexity index is 1340. The quantitative estimate of drug-likeness (QED) is 0.0272. The summed E-state index contributed by atoms with van der Waals surface area (Å²) in [5, 5.41) is 14.0. The summed E-state index contributed by atoms with van der Waals surface area (Å²) in [5.41, 5.74) is 0. The molecule has 9 heteroatoms. The number of hydrogen-bond acceptors (Lipinski definition) is 6. The van der Waals surface area contributed by atoms with Gasteiger partial charge in [-0.25, -0.2) is 0 Å². The van der Waals surface area contributed by atoms with Crippen LogP contribution in [0.3, 0.4) is 0 Å². The third-order valence-electron chi connectivity index (χ3n) is 17.5. The van der Waals surface area contributed by atoms with E-state index in [0.29, 0.717) is 17.4 Å². The van der Waals surface area contributed by atoms with E-state index in [1.54, 1.807) is 6.08 Å². The van der Waals surface area contributed by atoms with Crippen LogP contribution in [0.1, 0.15) is 399 Å². The van der Waals surface area contributed by atoms with Crippen LogP contribution in [0.25, 0.3) is 0 Å². The van der Waals surface area contributed by atoms with Gasteiger partial charge in [-0.2, -0.15) is 0 Å². The van der Waals surface area contributed by atoms with Crippen LogP contribution >= 0.6 is 7.82 Å². The lowest BCUT2D eigenvalue weighted by Gasteiger charge is -2.29. The van der Waals surface area contributed by atoms with Gasteiger partial charge in [0.15, 0.2) is 0 Å². The minimum absolute atomic E-state index is 0.00303. The van der Waals surface area contributed by atoms with Crippen LogP contribution in [0, 0.1) is 0 Å². The molecule has 0 aromatic carbocycles. The van der Waals surface area contributed by atoms with Crippen molar-refractivity contribution in [3.8, 4) is 0 Å². The third-order valence-corrected chi connectivity index (χ3v) is 18.5. The minimum Gasteiger partial charge on any atom is -0.756 e. The summed E-state index contributed by atoms with van der Waals surface area (Å²) in [4.78, 5) is 25.6. The van der Waals surface area contributed by atoms with Crippen molar-refractivity contribution in [1.29, 1.82) is 0 Å². The maximum atomic E-state index is 13.0. The normalized spacial score (nSPS) is 13.6. The molecule has 0 bridgehead atoms.